The minimum atomic E-state index is -0.477. The van der Waals surface area contributed by atoms with E-state index in [-0.39, 0.29) is 24.4 Å². The Hall–Kier alpha value is -1.85. The van der Waals surface area contributed by atoms with Crippen molar-refractivity contribution >= 4 is 11.8 Å². The molecule has 1 N–H and O–H groups in total. The summed E-state index contributed by atoms with van der Waals surface area (Å²) >= 11 is 0. The molecule has 0 radical (unpaired) electrons. The molecule has 1 aliphatic rings. The van der Waals surface area contributed by atoms with Crippen molar-refractivity contribution in [3.63, 3.8) is 0 Å². The van der Waals surface area contributed by atoms with Crippen molar-refractivity contribution in [2.45, 2.75) is 39.8 Å². The number of rotatable bonds is 2. The van der Waals surface area contributed by atoms with Crippen LogP contribution in [-0.4, -0.2) is 34.5 Å². The second kappa shape index (κ2) is 4.44. The van der Waals surface area contributed by atoms with Crippen LogP contribution in [0.3, 0.4) is 0 Å². The minimum Gasteiger partial charge on any atom is -0.361 e. The van der Waals surface area contributed by atoms with Crippen molar-refractivity contribution in [3.8, 4) is 0 Å². The zero-order valence-corrected chi connectivity index (χ0v) is 11.0. The fourth-order valence-corrected chi connectivity index (χ4v) is 2.52. The van der Waals surface area contributed by atoms with Crippen LogP contribution in [0.4, 0.5) is 0 Å². The van der Waals surface area contributed by atoms with Gasteiger partial charge in [0.1, 0.15) is 11.8 Å². The summed E-state index contributed by atoms with van der Waals surface area (Å²) in [5, 5.41) is 6.46. The molecule has 0 bridgehead atoms. The van der Waals surface area contributed by atoms with Gasteiger partial charge in [-0.15, -0.1) is 0 Å². The molecule has 0 aromatic carbocycles. The number of hydrogen-bond acceptors (Lipinski definition) is 4. The van der Waals surface area contributed by atoms with Crippen LogP contribution in [-0.2, 0) is 9.59 Å². The molecule has 6 nitrogen and oxygen atoms in total. The monoisotopic (exact) mass is 251 g/mol. The average Bonchev–Trinajstić information content (AvgIpc) is 2.64. The summed E-state index contributed by atoms with van der Waals surface area (Å²) < 4.78 is 5.12. The highest BCUT2D eigenvalue weighted by atomic mass is 16.5. The summed E-state index contributed by atoms with van der Waals surface area (Å²) in [6.07, 6.45) is 0. The topological polar surface area (TPSA) is 75.4 Å². The number of nitrogens with zero attached hydrogens (tertiary/aromatic N) is 2. The maximum atomic E-state index is 12.0. The van der Waals surface area contributed by atoms with Crippen LogP contribution < -0.4 is 5.32 Å². The van der Waals surface area contributed by atoms with Gasteiger partial charge in [0, 0.05) is 5.56 Å². The normalized spacial score (nSPS) is 22.0. The van der Waals surface area contributed by atoms with E-state index < -0.39 is 6.04 Å². The Labute approximate surface area is 105 Å². The van der Waals surface area contributed by atoms with Crippen LogP contribution >= 0.6 is 0 Å². The zero-order valence-electron chi connectivity index (χ0n) is 11.0. The first-order chi connectivity index (χ1) is 8.43. The molecule has 2 atom stereocenters. The van der Waals surface area contributed by atoms with Gasteiger partial charge in [0.05, 0.1) is 18.3 Å². The van der Waals surface area contributed by atoms with Crippen LogP contribution in [0.2, 0.25) is 0 Å². The van der Waals surface area contributed by atoms with Gasteiger partial charge in [0.2, 0.25) is 11.8 Å². The Balaban J connectivity index is 2.35. The third-order valence-corrected chi connectivity index (χ3v) is 3.42. The van der Waals surface area contributed by atoms with E-state index in [0.717, 1.165) is 11.3 Å². The number of carbonyl (C=O) groups excluding carboxylic acids is 2. The largest absolute Gasteiger partial charge is 0.361 e. The summed E-state index contributed by atoms with van der Waals surface area (Å²) in [6.45, 7) is 7.31. The van der Waals surface area contributed by atoms with E-state index in [1.54, 1.807) is 11.8 Å². The standard InChI is InChI=1S/C12H17N3O3/c1-6-11(9(4)18-14-6)7(2)15-8(3)12(17)13-5-10(15)16/h7-8H,5H2,1-4H3,(H,13,17). The van der Waals surface area contributed by atoms with E-state index in [1.165, 1.54) is 0 Å². The molecule has 2 unspecified atom stereocenters. The molecular formula is C12H17N3O3. The quantitative estimate of drug-likeness (QED) is 0.839. The van der Waals surface area contributed by atoms with Crippen molar-refractivity contribution in [1.82, 2.24) is 15.4 Å². The molecule has 1 aromatic heterocycles. The first kappa shape index (κ1) is 12.6. The summed E-state index contributed by atoms with van der Waals surface area (Å²) in [5.41, 5.74) is 1.64. The van der Waals surface area contributed by atoms with Crippen LogP contribution in [0.25, 0.3) is 0 Å². The van der Waals surface area contributed by atoms with Crippen LogP contribution in [0, 0.1) is 13.8 Å². The average molecular weight is 251 g/mol. The highest BCUT2D eigenvalue weighted by Gasteiger charge is 2.36. The molecule has 98 valence electrons. The Kier molecular flexibility index (Phi) is 3.11. The van der Waals surface area contributed by atoms with Crippen LogP contribution in [0.1, 0.15) is 36.9 Å². The molecule has 0 saturated carbocycles. The lowest BCUT2D eigenvalue weighted by Gasteiger charge is -2.37. The molecule has 2 amide bonds. The Bertz CT molecular complexity index is 475. The van der Waals surface area contributed by atoms with Gasteiger partial charge >= 0.3 is 0 Å². The van der Waals surface area contributed by atoms with E-state index in [1.807, 2.05) is 20.8 Å². The van der Waals surface area contributed by atoms with Crippen molar-refractivity contribution in [1.29, 1.82) is 0 Å². The lowest BCUT2D eigenvalue weighted by atomic mass is 10.0. The molecule has 2 heterocycles. The lowest BCUT2D eigenvalue weighted by Crippen LogP contribution is -2.57. The van der Waals surface area contributed by atoms with Crippen molar-refractivity contribution < 1.29 is 14.1 Å². The zero-order chi connectivity index (χ0) is 13.4. The first-order valence-corrected chi connectivity index (χ1v) is 5.95. The number of hydrogen-bond donors (Lipinski definition) is 1. The fraction of sp³-hybridized carbons (Fsp3) is 0.583. The SMILES string of the molecule is Cc1noc(C)c1C(C)N1C(=O)CNC(=O)C1C. The molecule has 1 aliphatic heterocycles. The van der Waals surface area contributed by atoms with Gasteiger partial charge in [-0.05, 0) is 27.7 Å². The molecule has 1 saturated heterocycles. The van der Waals surface area contributed by atoms with E-state index in [0.29, 0.717) is 5.76 Å². The molecule has 0 spiro atoms. The number of piperazine rings is 1. The number of carbonyl (C=O) groups is 2. The third kappa shape index (κ3) is 1.87. The highest BCUT2D eigenvalue weighted by molar-refractivity contribution is 5.94. The Morgan fingerprint density at radius 2 is 2.11 bits per heavy atom. The van der Waals surface area contributed by atoms with Gasteiger partial charge in [-0.1, -0.05) is 5.16 Å². The molecule has 1 aromatic rings. The Morgan fingerprint density at radius 1 is 1.44 bits per heavy atom. The van der Waals surface area contributed by atoms with Crippen LogP contribution in [0.15, 0.2) is 4.52 Å². The predicted octanol–water partition coefficient (Wildman–Crippen LogP) is 0.699. The molecule has 2 rings (SSSR count). The van der Waals surface area contributed by atoms with Gasteiger partial charge < -0.3 is 14.7 Å². The third-order valence-electron chi connectivity index (χ3n) is 3.42. The van der Waals surface area contributed by atoms with Crippen molar-refractivity contribution in [2.75, 3.05) is 6.54 Å². The van der Waals surface area contributed by atoms with E-state index in [2.05, 4.69) is 10.5 Å². The van der Waals surface area contributed by atoms with Crippen molar-refractivity contribution in [2.24, 2.45) is 0 Å². The highest BCUT2D eigenvalue weighted by Crippen LogP contribution is 2.29. The molecular weight excluding hydrogens is 234 g/mol. The second-order valence-corrected chi connectivity index (χ2v) is 4.61. The summed E-state index contributed by atoms with van der Waals surface area (Å²) in [7, 11) is 0. The molecule has 18 heavy (non-hydrogen) atoms. The van der Waals surface area contributed by atoms with Crippen LogP contribution in [0.5, 0.6) is 0 Å². The number of amides is 2. The number of aromatic nitrogens is 1. The maximum Gasteiger partial charge on any atom is 0.243 e. The molecule has 0 aliphatic carbocycles. The van der Waals surface area contributed by atoms with Gasteiger partial charge in [-0.2, -0.15) is 0 Å². The van der Waals surface area contributed by atoms with E-state index >= 15 is 0 Å². The number of aryl methyl sites for hydroxylation is 2. The summed E-state index contributed by atoms with van der Waals surface area (Å²) in [4.78, 5) is 25.2. The van der Waals surface area contributed by atoms with Gasteiger partial charge in [0.15, 0.2) is 0 Å². The van der Waals surface area contributed by atoms with Gasteiger partial charge in [-0.25, -0.2) is 0 Å². The second-order valence-electron chi connectivity index (χ2n) is 4.61. The first-order valence-electron chi connectivity index (χ1n) is 5.95. The summed E-state index contributed by atoms with van der Waals surface area (Å²) in [6, 6.07) is -0.695. The molecule has 1 fully saturated rings. The molecule has 6 heteroatoms. The number of nitrogens with one attached hydrogen (secondary N) is 1. The maximum absolute atomic E-state index is 12.0. The smallest absolute Gasteiger partial charge is 0.243 e. The summed E-state index contributed by atoms with van der Waals surface area (Å²) in [5.74, 6) is 0.466. The van der Waals surface area contributed by atoms with E-state index in [9.17, 15) is 9.59 Å². The predicted molar refractivity (Wildman–Crippen MR) is 63.7 cm³/mol. The van der Waals surface area contributed by atoms with E-state index in [4.69, 9.17) is 4.52 Å². The lowest BCUT2D eigenvalue weighted by molar-refractivity contribution is -0.147. The van der Waals surface area contributed by atoms with Gasteiger partial charge in [0.25, 0.3) is 0 Å². The fourth-order valence-electron chi connectivity index (χ4n) is 2.52. The Morgan fingerprint density at radius 3 is 2.67 bits per heavy atom. The van der Waals surface area contributed by atoms with Gasteiger partial charge in [-0.3, -0.25) is 9.59 Å². The minimum absolute atomic E-state index is 0.0525. The van der Waals surface area contributed by atoms with Crippen molar-refractivity contribution in [3.05, 3.63) is 17.0 Å².